The van der Waals surface area contributed by atoms with Gasteiger partial charge in [-0.05, 0) is 31.0 Å². The number of carbonyl (C=O) groups is 2. The molecule has 24 heavy (non-hydrogen) atoms. The molecule has 0 bridgehead atoms. The van der Waals surface area contributed by atoms with Gasteiger partial charge in [-0.25, -0.2) is 4.79 Å². The number of rotatable bonds is 5. The highest BCUT2D eigenvalue weighted by atomic mass is 16.5. The van der Waals surface area contributed by atoms with Crippen molar-refractivity contribution in [3.8, 4) is 22.8 Å². The number of fused-ring (bicyclic) bond motifs is 3. The lowest BCUT2D eigenvalue weighted by molar-refractivity contribution is 0.0524. The molecule has 2 aromatic rings. The third-order valence-electron chi connectivity index (χ3n) is 4.22. The molecule has 1 aliphatic heterocycles. The number of carbonyl (C=O) groups excluding carboxylic acids is 2. The Labute approximate surface area is 139 Å². The first-order valence-electron chi connectivity index (χ1n) is 7.75. The zero-order chi connectivity index (χ0) is 17.3. The predicted octanol–water partition coefficient (Wildman–Crippen LogP) is 2.72. The molecule has 0 fully saturated rings. The van der Waals surface area contributed by atoms with E-state index in [2.05, 4.69) is 0 Å². The first-order valence-corrected chi connectivity index (χ1v) is 7.75. The maximum absolute atomic E-state index is 12.1. The number of ether oxygens (including phenoxy) is 3. The first-order chi connectivity index (χ1) is 11.6. The maximum Gasteiger partial charge on any atom is 0.340 e. The van der Waals surface area contributed by atoms with Crippen molar-refractivity contribution >= 4 is 12.3 Å². The summed E-state index contributed by atoms with van der Waals surface area (Å²) < 4.78 is 17.7. The summed E-state index contributed by atoms with van der Waals surface area (Å²) >= 11 is 0. The number of hydrogen-bond acceptors (Lipinski definition) is 5. The molecule has 126 valence electrons. The largest absolute Gasteiger partial charge is 0.493 e. The van der Waals surface area contributed by atoms with E-state index in [0.717, 1.165) is 23.2 Å². The van der Waals surface area contributed by atoms with Gasteiger partial charge in [-0.2, -0.15) is 0 Å². The lowest BCUT2D eigenvalue weighted by atomic mass is 9.95. The fraction of sp³-hybridized carbons (Fsp3) is 0.333. The Balaban J connectivity index is 2.20. The van der Waals surface area contributed by atoms with Gasteiger partial charge in [-0.1, -0.05) is 0 Å². The van der Waals surface area contributed by atoms with E-state index in [-0.39, 0.29) is 6.61 Å². The second kappa shape index (κ2) is 6.39. The Morgan fingerprint density at radius 1 is 1.25 bits per heavy atom. The Morgan fingerprint density at radius 2 is 1.96 bits per heavy atom. The SMILES string of the molecule is CCOC(=O)c1cn2c(c1C=O)-c1cc(OC)c(OC)cc1CC2. The molecule has 0 atom stereocenters. The molecule has 0 unspecified atom stereocenters. The zero-order valence-corrected chi connectivity index (χ0v) is 13.9. The lowest BCUT2D eigenvalue weighted by Gasteiger charge is -2.22. The van der Waals surface area contributed by atoms with Crippen molar-refractivity contribution in [2.24, 2.45) is 0 Å². The van der Waals surface area contributed by atoms with Crippen molar-refractivity contribution in [1.29, 1.82) is 0 Å². The molecular weight excluding hydrogens is 310 g/mol. The molecule has 2 heterocycles. The van der Waals surface area contributed by atoms with Crippen LogP contribution in [-0.4, -0.2) is 37.6 Å². The van der Waals surface area contributed by atoms with Crippen LogP contribution in [0.15, 0.2) is 18.3 Å². The second-order valence-electron chi connectivity index (χ2n) is 5.45. The molecule has 6 nitrogen and oxygen atoms in total. The number of aryl methyl sites for hydroxylation is 2. The highest BCUT2D eigenvalue weighted by Crippen LogP contribution is 2.40. The van der Waals surface area contributed by atoms with E-state index in [0.29, 0.717) is 35.5 Å². The number of esters is 1. The maximum atomic E-state index is 12.1. The van der Waals surface area contributed by atoms with Gasteiger partial charge in [0, 0.05) is 18.3 Å². The van der Waals surface area contributed by atoms with Crippen molar-refractivity contribution in [3.63, 3.8) is 0 Å². The predicted molar refractivity (Wildman–Crippen MR) is 88.0 cm³/mol. The number of aromatic nitrogens is 1. The molecule has 0 spiro atoms. The molecule has 1 aliphatic rings. The smallest absolute Gasteiger partial charge is 0.340 e. The highest BCUT2D eigenvalue weighted by Gasteiger charge is 2.27. The summed E-state index contributed by atoms with van der Waals surface area (Å²) in [6, 6.07) is 3.77. The lowest BCUT2D eigenvalue weighted by Crippen LogP contribution is -2.11. The van der Waals surface area contributed by atoms with Crippen LogP contribution in [0.25, 0.3) is 11.3 Å². The number of hydrogen-bond donors (Lipinski definition) is 0. The van der Waals surface area contributed by atoms with Crippen LogP contribution in [-0.2, 0) is 17.7 Å². The molecule has 1 aromatic carbocycles. The molecule has 0 aliphatic carbocycles. The van der Waals surface area contributed by atoms with E-state index >= 15 is 0 Å². The zero-order valence-electron chi connectivity index (χ0n) is 13.9. The van der Waals surface area contributed by atoms with Gasteiger partial charge in [0.25, 0.3) is 0 Å². The molecule has 1 aromatic heterocycles. The number of aldehydes is 1. The fourth-order valence-electron chi connectivity index (χ4n) is 3.13. The molecule has 0 N–H and O–H groups in total. The monoisotopic (exact) mass is 329 g/mol. The van der Waals surface area contributed by atoms with Crippen LogP contribution in [0.1, 0.15) is 33.2 Å². The van der Waals surface area contributed by atoms with Crippen LogP contribution in [0.4, 0.5) is 0 Å². The molecule has 6 heteroatoms. The summed E-state index contributed by atoms with van der Waals surface area (Å²) in [6.07, 6.45) is 3.18. The highest BCUT2D eigenvalue weighted by molar-refractivity contribution is 6.03. The standard InChI is InChI=1S/C18H19NO5/c1-4-24-18(21)13-9-19-6-5-11-7-15(22-2)16(23-3)8-12(11)17(19)14(13)10-20/h7-10H,4-6H2,1-3H3. The van der Waals surface area contributed by atoms with E-state index in [1.807, 2.05) is 16.7 Å². The van der Waals surface area contributed by atoms with Crippen molar-refractivity contribution in [3.05, 3.63) is 35.0 Å². The van der Waals surface area contributed by atoms with Crippen LogP contribution in [0, 0.1) is 0 Å². The van der Waals surface area contributed by atoms with Crippen LogP contribution in [0.5, 0.6) is 11.5 Å². The fourth-order valence-corrected chi connectivity index (χ4v) is 3.13. The third-order valence-corrected chi connectivity index (χ3v) is 4.22. The van der Waals surface area contributed by atoms with Crippen LogP contribution in [0.2, 0.25) is 0 Å². The van der Waals surface area contributed by atoms with Crippen molar-refractivity contribution in [2.45, 2.75) is 19.9 Å². The van der Waals surface area contributed by atoms with Gasteiger partial charge >= 0.3 is 5.97 Å². The summed E-state index contributed by atoms with van der Waals surface area (Å²) in [7, 11) is 3.16. The number of nitrogens with zero attached hydrogens (tertiary/aromatic N) is 1. The molecular formula is C18H19NO5. The van der Waals surface area contributed by atoms with E-state index < -0.39 is 5.97 Å². The Bertz CT molecular complexity index is 806. The van der Waals surface area contributed by atoms with E-state index in [9.17, 15) is 9.59 Å². The van der Waals surface area contributed by atoms with Gasteiger partial charge in [-0.15, -0.1) is 0 Å². The Kier molecular flexibility index (Phi) is 4.29. The second-order valence-corrected chi connectivity index (χ2v) is 5.45. The average Bonchev–Trinajstić information content (AvgIpc) is 2.99. The minimum Gasteiger partial charge on any atom is -0.493 e. The summed E-state index contributed by atoms with van der Waals surface area (Å²) in [6.45, 7) is 2.68. The minimum atomic E-state index is -0.483. The molecule has 0 saturated heterocycles. The molecule has 0 saturated carbocycles. The third kappa shape index (κ3) is 2.44. The van der Waals surface area contributed by atoms with Crippen LogP contribution in [0.3, 0.4) is 0 Å². The quantitative estimate of drug-likeness (QED) is 0.623. The summed E-state index contributed by atoms with van der Waals surface area (Å²) in [5.74, 6) is 0.749. The normalized spacial score (nSPS) is 12.1. The Hall–Kier alpha value is -2.76. The Morgan fingerprint density at radius 3 is 2.58 bits per heavy atom. The molecule has 0 amide bonds. The summed E-state index contributed by atoms with van der Waals surface area (Å²) in [5, 5.41) is 0. The van der Waals surface area contributed by atoms with Crippen LogP contribution >= 0.6 is 0 Å². The topological polar surface area (TPSA) is 66.8 Å². The van der Waals surface area contributed by atoms with Gasteiger partial charge in [-0.3, -0.25) is 4.79 Å². The van der Waals surface area contributed by atoms with E-state index in [1.54, 1.807) is 27.3 Å². The average molecular weight is 329 g/mol. The molecule has 0 radical (unpaired) electrons. The van der Waals surface area contributed by atoms with E-state index in [1.165, 1.54) is 0 Å². The van der Waals surface area contributed by atoms with Crippen molar-refractivity contribution < 1.29 is 23.8 Å². The van der Waals surface area contributed by atoms with Gasteiger partial charge in [0.1, 0.15) is 0 Å². The number of benzene rings is 1. The van der Waals surface area contributed by atoms with E-state index in [4.69, 9.17) is 14.2 Å². The summed E-state index contributed by atoms with van der Waals surface area (Å²) in [5.41, 5.74) is 3.29. The van der Waals surface area contributed by atoms with Crippen molar-refractivity contribution in [2.75, 3.05) is 20.8 Å². The van der Waals surface area contributed by atoms with Crippen molar-refractivity contribution in [1.82, 2.24) is 4.57 Å². The van der Waals surface area contributed by atoms with Gasteiger partial charge < -0.3 is 18.8 Å². The summed E-state index contributed by atoms with van der Waals surface area (Å²) in [4.78, 5) is 23.8. The molecule has 3 rings (SSSR count). The van der Waals surface area contributed by atoms with Gasteiger partial charge in [0.05, 0.1) is 37.6 Å². The number of methoxy groups -OCH3 is 2. The minimum absolute atomic E-state index is 0.263. The van der Waals surface area contributed by atoms with Gasteiger partial charge in [0.15, 0.2) is 17.8 Å². The first kappa shape index (κ1) is 16.1. The van der Waals surface area contributed by atoms with Crippen LogP contribution < -0.4 is 9.47 Å². The van der Waals surface area contributed by atoms with Gasteiger partial charge in [0.2, 0.25) is 0 Å².